The van der Waals surface area contributed by atoms with E-state index in [0.29, 0.717) is 12.0 Å². The number of hydrogen-bond donors (Lipinski definition) is 2. The van der Waals surface area contributed by atoms with Crippen LogP contribution in [-0.4, -0.2) is 40.1 Å². The zero-order valence-electron chi connectivity index (χ0n) is 17.4. The molecule has 0 unspecified atom stereocenters. The molecule has 0 amide bonds. The number of nitrogens with one attached hydrogen (secondary N) is 2. The molecular weight excluding hydrogens is 366 g/mol. The molecule has 2 aromatic heterocycles. The van der Waals surface area contributed by atoms with Gasteiger partial charge in [0.1, 0.15) is 5.60 Å². The number of ether oxygens (including phenoxy) is 1. The lowest BCUT2D eigenvalue weighted by atomic mass is 9.71. The van der Waals surface area contributed by atoms with E-state index in [2.05, 4.69) is 28.9 Å². The number of anilines is 1. The number of pyridine rings is 1. The second-order valence-electron chi connectivity index (χ2n) is 8.78. The highest BCUT2D eigenvalue weighted by Crippen LogP contribution is 2.47. The second kappa shape index (κ2) is 7.61. The Balaban J connectivity index is 1.49. The van der Waals surface area contributed by atoms with Crippen molar-refractivity contribution in [1.29, 1.82) is 0 Å². The summed E-state index contributed by atoms with van der Waals surface area (Å²) in [5.41, 5.74) is 7.16. The van der Waals surface area contributed by atoms with Gasteiger partial charge in [0, 0.05) is 38.1 Å². The Morgan fingerprint density at radius 3 is 2.86 bits per heavy atom. The molecule has 1 aliphatic heterocycles. The summed E-state index contributed by atoms with van der Waals surface area (Å²) < 4.78 is 7.26. The van der Waals surface area contributed by atoms with Gasteiger partial charge in [-0.15, -0.1) is 0 Å². The molecule has 7 heteroatoms. The molecule has 0 bridgehead atoms. The fourth-order valence-corrected chi connectivity index (χ4v) is 5.15. The molecule has 1 spiro atoms. The van der Waals surface area contributed by atoms with Gasteiger partial charge in [0.05, 0.1) is 23.0 Å². The van der Waals surface area contributed by atoms with Crippen molar-refractivity contribution >= 4 is 22.4 Å². The molecule has 2 saturated carbocycles. The van der Waals surface area contributed by atoms with Crippen LogP contribution in [0.15, 0.2) is 18.5 Å². The largest absolute Gasteiger partial charge is 0.384 e. The number of aromatic nitrogens is 3. The number of methoxy groups -OCH3 is 1. The summed E-state index contributed by atoms with van der Waals surface area (Å²) in [5, 5.41) is 9.49. The predicted molar refractivity (Wildman–Crippen MR) is 113 cm³/mol. The van der Waals surface area contributed by atoms with Gasteiger partial charge >= 0.3 is 0 Å². The third-order valence-electron chi connectivity index (χ3n) is 6.65. The molecule has 2 N–H and O–H groups in total. The van der Waals surface area contributed by atoms with Gasteiger partial charge in [-0.1, -0.05) is 19.3 Å². The number of rotatable bonds is 6. The minimum absolute atomic E-state index is 0.205. The van der Waals surface area contributed by atoms with Crippen LogP contribution in [-0.2, 0) is 16.1 Å². The van der Waals surface area contributed by atoms with Gasteiger partial charge in [0.25, 0.3) is 0 Å². The van der Waals surface area contributed by atoms with E-state index in [0.717, 1.165) is 54.0 Å². The second-order valence-corrected chi connectivity index (χ2v) is 8.78. The summed E-state index contributed by atoms with van der Waals surface area (Å²) in [6, 6.07) is 0.504. The highest BCUT2D eigenvalue weighted by molar-refractivity contribution is 5.95. The summed E-state index contributed by atoms with van der Waals surface area (Å²) in [4.78, 5) is 10.8. The SMILES string of the molecule is CCn1ncc2c(NC3CCCCC3)c(C3=CC4(CC(COC)C4)ON3)cnc21. The predicted octanol–water partition coefficient (Wildman–Crippen LogP) is 3.87. The van der Waals surface area contributed by atoms with Crippen LogP contribution in [0.4, 0.5) is 5.69 Å². The fraction of sp³-hybridized carbons (Fsp3) is 0.636. The maximum atomic E-state index is 6.03. The first-order valence-corrected chi connectivity index (χ1v) is 11.0. The minimum atomic E-state index is -0.205. The van der Waals surface area contributed by atoms with E-state index in [9.17, 15) is 0 Å². The van der Waals surface area contributed by atoms with Crippen molar-refractivity contribution in [3.05, 3.63) is 24.0 Å². The van der Waals surface area contributed by atoms with Crippen LogP contribution >= 0.6 is 0 Å². The van der Waals surface area contributed by atoms with Crippen LogP contribution in [0, 0.1) is 5.92 Å². The van der Waals surface area contributed by atoms with Crippen molar-refractivity contribution in [2.45, 2.75) is 70.1 Å². The number of hydrogen-bond acceptors (Lipinski definition) is 6. The molecule has 3 heterocycles. The molecule has 29 heavy (non-hydrogen) atoms. The quantitative estimate of drug-likeness (QED) is 0.771. The van der Waals surface area contributed by atoms with Gasteiger partial charge in [-0.25, -0.2) is 9.67 Å². The normalized spacial score (nSPS) is 27.1. The number of fused-ring (bicyclic) bond motifs is 1. The Morgan fingerprint density at radius 1 is 1.28 bits per heavy atom. The highest BCUT2D eigenvalue weighted by atomic mass is 16.7. The monoisotopic (exact) mass is 397 g/mol. The van der Waals surface area contributed by atoms with Gasteiger partial charge in [0.2, 0.25) is 0 Å². The number of aryl methyl sites for hydroxylation is 1. The van der Waals surface area contributed by atoms with Gasteiger partial charge in [-0.3, -0.25) is 10.3 Å². The Hall–Kier alpha value is -2.12. The third-order valence-corrected chi connectivity index (χ3v) is 6.65. The van der Waals surface area contributed by atoms with E-state index in [1.54, 1.807) is 7.11 Å². The van der Waals surface area contributed by atoms with Crippen LogP contribution in [0.3, 0.4) is 0 Å². The van der Waals surface area contributed by atoms with Crippen molar-refractivity contribution in [3.8, 4) is 0 Å². The van der Waals surface area contributed by atoms with E-state index >= 15 is 0 Å². The lowest BCUT2D eigenvalue weighted by Crippen LogP contribution is -2.45. The Bertz CT molecular complexity index is 909. The molecule has 0 atom stereocenters. The van der Waals surface area contributed by atoms with Gasteiger partial charge in [0.15, 0.2) is 5.65 Å². The van der Waals surface area contributed by atoms with Gasteiger partial charge < -0.3 is 10.1 Å². The van der Waals surface area contributed by atoms with E-state index < -0.39 is 0 Å². The lowest BCUT2D eigenvalue weighted by molar-refractivity contribution is -0.121. The smallest absolute Gasteiger partial charge is 0.159 e. The first-order valence-electron chi connectivity index (χ1n) is 11.0. The molecule has 0 radical (unpaired) electrons. The van der Waals surface area contributed by atoms with E-state index in [-0.39, 0.29) is 5.60 Å². The van der Waals surface area contributed by atoms with Crippen molar-refractivity contribution in [1.82, 2.24) is 20.2 Å². The number of hydroxylamine groups is 1. The van der Waals surface area contributed by atoms with Crippen LogP contribution in [0.2, 0.25) is 0 Å². The van der Waals surface area contributed by atoms with E-state index in [4.69, 9.17) is 14.6 Å². The topological polar surface area (TPSA) is 73.2 Å². The molecular formula is C22H31N5O2. The van der Waals surface area contributed by atoms with Crippen LogP contribution in [0.5, 0.6) is 0 Å². The summed E-state index contributed by atoms with van der Waals surface area (Å²) in [6.07, 6.45) is 14.5. The molecule has 2 aliphatic carbocycles. The maximum Gasteiger partial charge on any atom is 0.159 e. The Labute approximate surface area is 171 Å². The van der Waals surface area contributed by atoms with Crippen molar-refractivity contribution < 1.29 is 9.57 Å². The van der Waals surface area contributed by atoms with Crippen LogP contribution in [0.1, 0.15) is 57.4 Å². The van der Waals surface area contributed by atoms with E-state index in [1.807, 2.05) is 17.1 Å². The third kappa shape index (κ3) is 3.40. The summed E-state index contributed by atoms with van der Waals surface area (Å²) in [5.74, 6) is 0.570. The van der Waals surface area contributed by atoms with Gasteiger partial charge in [-0.2, -0.15) is 5.10 Å². The number of nitrogens with zero attached hydrogens (tertiary/aromatic N) is 3. The minimum Gasteiger partial charge on any atom is -0.384 e. The summed E-state index contributed by atoms with van der Waals surface area (Å²) >= 11 is 0. The molecule has 0 aromatic carbocycles. The molecule has 2 aromatic rings. The molecule has 3 aliphatic rings. The van der Waals surface area contributed by atoms with E-state index in [1.165, 1.54) is 32.1 Å². The average Bonchev–Trinajstić information content (AvgIpc) is 3.34. The Kier molecular flexibility index (Phi) is 4.95. The highest BCUT2D eigenvalue weighted by Gasteiger charge is 2.48. The van der Waals surface area contributed by atoms with Crippen LogP contribution < -0.4 is 10.8 Å². The van der Waals surface area contributed by atoms with Crippen molar-refractivity contribution in [2.75, 3.05) is 19.0 Å². The molecule has 2 fully saturated rings. The fourth-order valence-electron chi connectivity index (χ4n) is 5.15. The molecule has 0 saturated heterocycles. The summed E-state index contributed by atoms with van der Waals surface area (Å²) in [7, 11) is 1.76. The van der Waals surface area contributed by atoms with Gasteiger partial charge in [-0.05, 0) is 44.6 Å². The first-order chi connectivity index (χ1) is 14.2. The standard InChI is InChI=1S/C22H31N5O2/c1-3-27-21-18(13-24-27)20(25-16-7-5-4-6-8-16)17(12-23-21)19-11-22(29-26-19)9-15(10-22)14-28-2/h11-13,15-16,26H,3-10,14H2,1-2H3,(H,23,25). The first kappa shape index (κ1) is 18.9. The zero-order chi connectivity index (χ0) is 19.8. The lowest BCUT2D eigenvalue weighted by Gasteiger charge is -2.41. The maximum absolute atomic E-state index is 6.03. The Morgan fingerprint density at radius 2 is 2.10 bits per heavy atom. The average molecular weight is 398 g/mol. The molecule has 7 nitrogen and oxygen atoms in total. The molecule has 156 valence electrons. The van der Waals surface area contributed by atoms with Crippen LogP contribution in [0.25, 0.3) is 16.7 Å². The zero-order valence-corrected chi connectivity index (χ0v) is 17.4. The van der Waals surface area contributed by atoms with Crippen molar-refractivity contribution in [2.24, 2.45) is 5.92 Å². The molecule has 5 rings (SSSR count). The summed E-state index contributed by atoms with van der Waals surface area (Å²) in [6.45, 7) is 3.71. The van der Waals surface area contributed by atoms with Crippen molar-refractivity contribution in [3.63, 3.8) is 0 Å².